The molecule has 2 N–H and O–H groups in total. The summed E-state index contributed by atoms with van der Waals surface area (Å²) in [5.41, 5.74) is 0. The fraction of sp³-hybridized carbons (Fsp3) is 0.333. The van der Waals surface area contributed by atoms with E-state index in [1.165, 1.54) is 17.4 Å². The summed E-state index contributed by atoms with van der Waals surface area (Å²) in [7, 11) is -3.56. The molecule has 0 aliphatic rings. The molecule has 0 aromatic carbocycles. The van der Waals surface area contributed by atoms with Gasteiger partial charge in [-0.1, -0.05) is 0 Å². The molecule has 0 radical (unpaired) electrons. The van der Waals surface area contributed by atoms with Gasteiger partial charge >= 0.3 is 0 Å². The van der Waals surface area contributed by atoms with Crippen LogP contribution in [-0.2, 0) is 16.4 Å². The van der Waals surface area contributed by atoms with Crippen LogP contribution < -0.4 is 10.0 Å². The first-order valence-corrected chi connectivity index (χ1v) is 8.56. The molecular formula is C12H16N4O2S2. The fourth-order valence-corrected chi connectivity index (χ4v) is 3.44. The molecule has 0 aliphatic carbocycles. The molecule has 20 heavy (non-hydrogen) atoms. The van der Waals surface area contributed by atoms with Gasteiger partial charge in [0.1, 0.15) is 10.7 Å². The van der Waals surface area contributed by atoms with Crippen LogP contribution in [0.5, 0.6) is 0 Å². The number of nitrogens with one attached hydrogen (secondary N) is 2. The van der Waals surface area contributed by atoms with Gasteiger partial charge in [0.2, 0.25) is 10.0 Å². The number of anilines is 1. The average Bonchev–Trinajstić information content (AvgIpc) is 2.92. The Morgan fingerprint density at radius 3 is 2.85 bits per heavy atom. The summed E-state index contributed by atoms with van der Waals surface area (Å²) in [6.45, 7) is 2.82. The largest absolute Gasteiger partial charge is 0.369 e. The van der Waals surface area contributed by atoms with E-state index in [0.717, 1.165) is 5.01 Å². The summed E-state index contributed by atoms with van der Waals surface area (Å²) in [6.07, 6.45) is 3.85. The number of hydrogen-bond donors (Lipinski definition) is 2. The predicted octanol–water partition coefficient (Wildman–Crippen LogP) is 1.49. The first kappa shape index (κ1) is 14.9. The lowest BCUT2D eigenvalue weighted by atomic mass is 10.4. The third-order valence-electron chi connectivity index (χ3n) is 2.52. The van der Waals surface area contributed by atoms with Gasteiger partial charge < -0.3 is 5.32 Å². The molecule has 0 amide bonds. The Hall–Kier alpha value is -1.51. The van der Waals surface area contributed by atoms with Gasteiger partial charge in [-0.25, -0.2) is 23.1 Å². The SMILES string of the molecule is CCNc1ncccc1S(=O)(=O)NCCc1nccs1. The van der Waals surface area contributed by atoms with Crippen molar-refractivity contribution in [2.45, 2.75) is 18.2 Å². The normalized spacial score (nSPS) is 11.4. The molecule has 0 fully saturated rings. The highest BCUT2D eigenvalue weighted by molar-refractivity contribution is 7.89. The molecule has 0 aliphatic heterocycles. The minimum atomic E-state index is -3.56. The Morgan fingerprint density at radius 1 is 1.30 bits per heavy atom. The van der Waals surface area contributed by atoms with Crippen LogP contribution in [0.3, 0.4) is 0 Å². The van der Waals surface area contributed by atoms with E-state index < -0.39 is 10.0 Å². The van der Waals surface area contributed by atoms with Crippen LogP contribution in [-0.4, -0.2) is 31.5 Å². The van der Waals surface area contributed by atoms with Gasteiger partial charge in [0.05, 0.1) is 5.01 Å². The molecule has 2 aromatic rings. The van der Waals surface area contributed by atoms with Crippen molar-refractivity contribution >= 4 is 27.2 Å². The topological polar surface area (TPSA) is 84.0 Å². The van der Waals surface area contributed by atoms with Gasteiger partial charge in [-0.2, -0.15) is 0 Å². The molecule has 0 saturated heterocycles. The third-order valence-corrected chi connectivity index (χ3v) is 4.85. The minimum absolute atomic E-state index is 0.168. The average molecular weight is 312 g/mol. The zero-order valence-corrected chi connectivity index (χ0v) is 12.7. The molecular weight excluding hydrogens is 296 g/mol. The van der Waals surface area contributed by atoms with Crippen LogP contribution >= 0.6 is 11.3 Å². The van der Waals surface area contributed by atoms with Crippen LogP contribution in [0, 0.1) is 0 Å². The second-order valence-corrected chi connectivity index (χ2v) is 6.67. The maximum Gasteiger partial charge on any atom is 0.244 e. The highest BCUT2D eigenvalue weighted by Crippen LogP contribution is 2.17. The fourth-order valence-electron chi connectivity index (χ4n) is 1.65. The smallest absolute Gasteiger partial charge is 0.244 e. The van der Waals surface area contributed by atoms with E-state index in [9.17, 15) is 8.42 Å². The standard InChI is InChI=1S/C12H16N4O2S2/c1-2-13-12-10(4-3-6-15-12)20(17,18)16-7-5-11-14-8-9-19-11/h3-4,6,8-9,16H,2,5,7H2,1H3,(H,13,15). The van der Waals surface area contributed by atoms with Crippen LogP contribution in [0.1, 0.15) is 11.9 Å². The van der Waals surface area contributed by atoms with Crippen molar-refractivity contribution in [3.63, 3.8) is 0 Å². The second-order valence-electron chi connectivity index (χ2n) is 3.95. The first-order chi connectivity index (χ1) is 9.63. The van der Waals surface area contributed by atoms with Gasteiger partial charge in [-0.05, 0) is 19.1 Å². The van der Waals surface area contributed by atoms with Crippen LogP contribution in [0.2, 0.25) is 0 Å². The number of rotatable bonds is 7. The van der Waals surface area contributed by atoms with E-state index >= 15 is 0 Å². The molecule has 0 bridgehead atoms. The minimum Gasteiger partial charge on any atom is -0.369 e. The maximum atomic E-state index is 12.2. The lowest BCUT2D eigenvalue weighted by Gasteiger charge is -2.10. The predicted molar refractivity (Wildman–Crippen MR) is 79.4 cm³/mol. The Balaban J connectivity index is 2.06. The summed E-state index contributed by atoms with van der Waals surface area (Å²) >= 11 is 1.51. The third kappa shape index (κ3) is 3.75. The molecule has 0 unspecified atom stereocenters. The van der Waals surface area contributed by atoms with E-state index in [1.807, 2.05) is 12.3 Å². The number of aromatic nitrogens is 2. The lowest BCUT2D eigenvalue weighted by molar-refractivity contribution is 0.581. The van der Waals surface area contributed by atoms with Crippen molar-refractivity contribution in [2.24, 2.45) is 0 Å². The van der Waals surface area contributed by atoms with Gasteiger partial charge in [-0.15, -0.1) is 11.3 Å². The molecule has 108 valence electrons. The summed E-state index contributed by atoms with van der Waals surface area (Å²) in [4.78, 5) is 8.33. The summed E-state index contributed by atoms with van der Waals surface area (Å²) < 4.78 is 27.1. The first-order valence-electron chi connectivity index (χ1n) is 6.20. The van der Waals surface area contributed by atoms with Crippen molar-refractivity contribution in [1.82, 2.24) is 14.7 Å². The van der Waals surface area contributed by atoms with Crippen LogP contribution in [0.25, 0.3) is 0 Å². The summed E-state index contributed by atoms with van der Waals surface area (Å²) in [5, 5.41) is 5.72. The van der Waals surface area contributed by atoms with Crippen LogP contribution in [0.4, 0.5) is 5.82 Å². The van der Waals surface area contributed by atoms with Gasteiger partial charge in [0.15, 0.2) is 0 Å². The zero-order chi connectivity index (χ0) is 14.4. The monoisotopic (exact) mass is 312 g/mol. The van der Waals surface area contributed by atoms with E-state index in [1.54, 1.807) is 18.5 Å². The molecule has 2 rings (SSSR count). The van der Waals surface area contributed by atoms with Crippen molar-refractivity contribution in [2.75, 3.05) is 18.4 Å². The zero-order valence-electron chi connectivity index (χ0n) is 11.0. The number of sulfonamides is 1. The highest BCUT2D eigenvalue weighted by atomic mass is 32.2. The van der Waals surface area contributed by atoms with Crippen molar-refractivity contribution in [3.05, 3.63) is 34.9 Å². The molecule has 8 heteroatoms. The number of pyridine rings is 1. The maximum absolute atomic E-state index is 12.2. The molecule has 0 spiro atoms. The number of thiazole rings is 1. The summed E-state index contributed by atoms with van der Waals surface area (Å²) in [5.74, 6) is 0.372. The number of hydrogen-bond acceptors (Lipinski definition) is 6. The van der Waals surface area contributed by atoms with Crippen molar-refractivity contribution < 1.29 is 8.42 Å². The molecule has 2 aromatic heterocycles. The second kappa shape index (κ2) is 6.78. The molecule has 2 heterocycles. The van der Waals surface area contributed by atoms with E-state index in [4.69, 9.17) is 0 Å². The Labute approximate surface area is 122 Å². The Bertz CT molecular complexity index is 641. The van der Waals surface area contributed by atoms with Crippen LogP contribution in [0.15, 0.2) is 34.8 Å². The quantitative estimate of drug-likeness (QED) is 0.809. The van der Waals surface area contributed by atoms with Crippen molar-refractivity contribution in [1.29, 1.82) is 0 Å². The molecule has 0 saturated carbocycles. The van der Waals surface area contributed by atoms with Gasteiger partial charge in [0.25, 0.3) is 0 Å². The number of nitrogens with zero attached hydrogens (tertiary/aromatic N) is 2. The summed E-state index contributed by atoms with van der Waals surface area (Å²) in [6, 6.07) is 3.15. The van der Waals surface area contributed by atoms with Gasteiger partial charge in [-0.3, -0.25) is 0 Å². The highest BCUT2D eigenvalue weighted by Gasteiger charge is 2.18. The van der Waals surface area contributed by atoms with Gasteiger partial charge in [0, 0.05) is 37.3 Å². The van der Waals surface area contributed by atoms with Crippen molar-refractivity contribution in [3.8, 4) is 0 Å². The Kier molecular flexibility index (Phi) is 5.05. The molecule has 0 atom stereocenters. The Morgan fingerprint density at radius 2 is 2.15 bits per heavy atom. The van der Waals surface area contributed by atoms with E-state index in [-0.39, 0.29) is 4.90 Å². The molecule has 6 nitrogen and oxygen atoms in total. The van der Waals surface area contributed by atoms with E-state index in [2.05, 4.69) is 20.0 Å². The van der Waals surface area contributed by atoms with E-state index in [0.29, 0.717) is 25.3 Å². The lowest BCUT2D eigenvalue weighted by Crippen LogP contribution is -2.27.